The molecule has 0 heterocycles. The normalized spacial score (nSPS) is 13.2. The van der Waals surface area contributed by atoms with Crippen molar-refractivity contribution in [1.29, 1.82) is 0 Å². The van der Waals surface area contributed by atoms with E-state index in [-0.39, 0.29) is 25.7 Å². The van der Waals surface area contributed by atoms with E-state index in [9.17, 15) is 15.0 Å². The summed E-state index contributed by atoms with van der Waals surface area (Å²) in [6, 6.07) is 11.8. The quantitative estimate of drug-likeness (QED) is 0.541. The summed E-state index contributed by atoms with van der Waals surface area (Å²) in [5.41, 5.74) is 0.756. The molecule has 0 radical (unpaired) electrons. The van der Waals surface area contributed by atoms with Gasteiger partial charge in [-0.15, -0.1) is 0 Å². The largest absolute Gasteiger partial charge is 0.491 e. The molecule has 0 aliphatic rings. The smallest absolute Gasteiger partial charge is 0.333 e. The van der Waals surface area contributed by atoms with E-state index in [0.717, 1.165) is 5.56 Å². The third-order valence-corrected chi connectivity index (χ3v) is 4.35. The Morgan fingerprint density at radius 1 is 1.07 bits per heavy atom. The van der Waals surface area contributed by atoms with Crippen LogP contribution in [0.2, 0.25) is 10.0 Å². The van der Waals surface area contributed by atoms with Crippen molar-refractivity contribution < 1.29 is 29.2 Å². The Balaban J connectivity index is 1.87. The van der Waals surface area contributed by atoms with Crippen molar-refractivity contribution in [2.75, 3.05) is 13.2 Å². The molecule has 2 aromatic carbocycles. The van der Waals surface area contributed by atoms with Gasteiger partial charge in [0.15, 0.2) is 6.10 Å². The molecule has 2 rings (SSSR count). The van der Waals surface area contributed by atoms with Gasteiger partial charge in [0.25, 0.3) is 0 Å². The number of aliphatic hydroxyl groups is 1. The summed E-state index contributed by atoms with van der Waals surface area (Å²) in [4.78, 5) is 11.4. The van der Waals surface area contributed by atoms with Crippen molar-refractivity contribution in [3.8, 4) is 11.5 Å². The van der Waals surface area contributed by atoms with Gasteiger partial charge >= 0.3 is 5.97 Å². The first-order valence-electron chi connectivity index (χ1n) is 9.10. The molecule has 2 N–H and O–H groups in total. The Hall–Kier alpha value is -1.99. The molecule has 0 bridgehead atoms. The third-order valence-electron chi connectivity index (χ3n) is 3.80. The van der Waals surface area contributed by atoms with E-state index in [2.05, 4.69) is 0 Å². The monoisotopic (exact) mass is 442 g/mol. The number of aliphatic carboxylic acids is 1. The maximum Gasteiger partial charge on any atom is 0.333 e. The van der Waals surface area contributed by atoms with E-state index in [1.165, 1.54) is 0 Å². The Bertz CT molecular complexity index is 812. The summed E-state index contributed by atoms with van der Waals surface area (Å²) >= 11 is 11.9. The Kier molecular flexibility index (Phi) is 9.04. The fraction of sp³-hybridized carbons (Fsp3) is 0.381. The molecule has 2 atom stereocenters. The zero-order valence-corrected chi connectivity index (χ0v) is 17.7. The Morgan fingerprint density at radius 2 is 1.79 bits per heavy atom. The number of carboxylic acids is 1. The Morgan fingerprint density at radius 3 is 2.48 bits per heavy atom. The molecule has 0 aliphatic carbocycles. The van der Waals surface area contributed by atoms with Gasteiger partial charge < -0.3 is 24.4 Å². The van der Waals surface area contributed by atoms with E-state index in [1.54, 1.807) is 56.3 Å². The summed E-state index contributed by atoms with van der Waals surface area (Å²) in [7, 11) is 0. The Labute approximate surface area is 179 Å². The van der Waals surface area contributed by atoms with Gasteiger partial charge in [0.2, 0.25) is 0 Å². The molecule has 0 aliphatic heterocycles. The second-order valence-corrected chi connectivity index (χ2v) is 7.56. The predicted octanol–water partition coefficient (Wildman–Crippen LogP) is 4.23. The fourth-order valence-corrected chi connectivity index (χ4v) is 2.85. The lowest BCUT2D eigenvalue weighted by molar-refractivity contribution is -0.153. The van der Waals surface area contributed by atoms with Crippen LogP contribution in [0.4, 0.5) is 0 Å². The van der Waals surface area contributed by atoms with Crippen LogP contribution >= 0.6 is 23.2 Å². The minimum atomic E-state index is -1.02. The first-order valence-corrected chi connectivity index (χ1v) is 9.86. The highest BCUT2D eigenvalue weighted by atomic mass is 35.5. The van der Waals surface area contributed by atoms with Crippen molar-refractivity contribution >= 4 is 29.2 Å². The molecular formula is C21H24Cl2O6. The number of hydrogen-bond donors (Lipinski definition) is 2. The van der Waals surface area contributed by atoms with Crippen LogP contribution in [-0.4, -0.2) is 47.7 Å². The lowest BCUT2D eigenvalue weighted by Gasteiger charge is -2.17. The number of halogens is 2. The molecule has 6 nitrogen and oxygen atoms in total. The predicted molar refractivity (Wildman–Crippen MR) is 111 cm³/mol. The standard InChI is InChI=1S/C21H24Cl2O6/c1-13(2)29-20(21(25)26)9-14-4-3-5-17(8-14)27-11-16(24)12-28-19-10-15(22)6-7-18(19)23/h3-8,10,13,16,20,24H,9,11-12H2,1-2H3,(H,25,26)/t16-,20-/m0/s1. The minimum absolute atomic E-state index is 0.00745. The number of hydrogen-bond acceptors (Lipinski definition) is 5. The highest BCUT2D eigenvalue weighted by Crippen LogP contribution is 2.27. The van der Waals surface area contributed by atoms with Gasteiger partial charge in [0, 0.05) is 17.5 Å². The molecule has 0 saturated heterocycles. The molecule has 0 fully saturated rings. The molecular weight excluding hydrogens is 419 g/mol. The number of aliphatic hydroxyl groups excluding tert-OH is 1. The second-order valence-electron chi connectivity index (χ2n) is 6.71. The zero-order valence-electron chi connectivity index (χ0n) is 16.2. The van der Waals surface area contributed by atoms with E-state index >= 15 is 0 Å². The lowest BCUT2D eigenvalue weighted by Crippen LogP contribution is -2.29. The molecule has 0 aromatic heterocycles. The van der Waals surface area contributed by atoms with Gasteiger partial charge in [0.1, 0.15) is 30.8 Å². The van der Waals surface area contributed by atoms with Crippen LogP contribution in [0.5, 0.6) is 11.5 Å². The SMILES string of the molecule is CC(C)O[C@@H](Cc1cccc(OC[C@H](O)COc2cc(Cl)ccc2Cl)c1)C(=O)O. The maximum atomic E-state index is 11.4. The van der Waals surface area contributed by atoms with Gasteiger partial charge in [-0.05, 0) is 43.7 Å². The molecule has 0 amide bonds. The van der Waals surface area contributed by atoms with Crippen LogP contribution < -0.4 is 9.47 Å². The van der Waals surface area contributed by atoms with Crippen LogP contribution in [0.3, 0.4) is 0 Å². The molecule has 8 heteroatoms. The first-order chi connectivity index (χ1) is 13.7. The maximum absolute atomic E-state index is 11.4. The number of ether oxygens (including phenoxy) is 3. The van der Waals surface area contributed by atoms with E-state index in [1.807, 2.05) is 0 Å². The molecule has 0 unspecified atom stereocenters. The number of rotatable bonds is 11. The van der Waals surface area contributed by atoms with Crippen LogP contribution in [0.25, 0.3) is 0 Å². The van der Waals surface area contributed by atoms with Gasteiger partial charge in [0.05, 0.1) is 11.1 Å². The van der Waals surface area contributed by atoms with E-state index in [4.69, 9.17) is 37.4 Å². The zero-order chi connectivity index (χ0) is 21.4. The molecule has 0 saturated carbocycles. The highest BCUT2D eigenvalue weighted by molar-refractivity contribution is 6.34. The van der Waals surface area contributed by atoms with Crippen LogP contribution in [0.1, 0.15) is 19.4 Å². The first kappa shape index (κ1) is 23.3. The molecule has 29 heavy (non-hydrogen) atoms. The summed E-state index contributed by atoms with van der Waals surface area (Å²) in [6.07, 6.45) is -1.82. The topological polar surface area (TPSA) is 85.2 Å². The van der Waals surface area contributed by atoms with Crippen LogP contribution in [0, 0.1) is 0 Å². The number of carbonyl (C=O) groups is 1. The second kappa shape index (κ2) is 11.3. The average Bonchev–Trinajstić information content (AvgIpc) is 2.66. The van der Waals surface area contributed by atoms with E-state index < -0.39 is 18.2 Å². The van der Waals surface area contributed by atoms with Gasteiger partial charge in [-0.25, -0.2) is 4.79 Å². The van der Waals surface area contributed by atoms with Crippen LogP contribution in [-0.2, 0) is 16.0 Å². The summed E-state index contributed by atoms with van der Waals surface area (Å²) in [5, 5.41) is 20.3. The molecule has 2 aromatic rings. The van der Waals surface area contributed by atoms with Gasteiger partial charge in [-0.1, -0.05) is 35.3 Å². The van der Waals surface area contributed by atoms with Crippen molar-refractivity contribution in [1.82, 2.24) is 0 Å². The number of benzene rings is 2. The number of carboxylic acid groups (broad SMARTS) is 1. The van der Waals surface area contributed by atoms with Crippen LogP contribution in [0.15, 0.2) is 42.5 Å². The van der Waals surface area contributed by atoms with E-state index in [0.29, 0.717) is 21.5 Å². The summed E-state index contributed by atoms with van der Waals surface area (Å²) in [5.74, 6) is -0.127. The van der Waals surface area contributed by atoms with Gasteiger partial charge in [-0.2, -0.15) is 0 Å². The lowest BCUT2D eigenvalue weighted by atomic mass is 10.1. The third kappa shape index (κ3) is 8.11. The summed E-state index contributed by atoms with van der Waals surface area (Å²) < 4.78 is 16.5. The minimum Gasteiger partial charge on any atom is -0.491 e. The highest BCUT2D eigenvalue weighted by Gasteiger charge is 2.20. The van der Waals surface area contributed by atoms with Crippen molar-refractivity contribution in [3.05, 3.63) is 58.1 Å². The van der Waals surface area contributed by atoms with Crippen molar-refractivity contribution in [2.24, 2.45) is 0 Å². The van der Waals surface area contributed by atoms with Gasteiger partial charge in [-0.3, -0.25) is 0 Å². The molecule has 0 spiro atoms. The molecule has 158 valence electrons. The van der Waals surface area contributed by atoms with Crippen molar-refractivity contribution in [2.45, 2.75) is 38.6 Å². The average molecular weight is 443 g/mol. The fourth-order valence-electron chi connectivity index (χ4n) is 2.51. The summed E-state index contributed by atoms with van der Waals surface area (Å²) in [6.45, 7) is 3.54. The van der Waals surface area contributed by atoms with Crippen molar-refractivity contribution in [3.63, 3.8) is 0 Å².